The summed E-state index contributed by atoms with van der Waals surface area (Å²) in [6.45, 7) is 0. The maximum atomic E-state index is 11.8. The van der Waals surface area contributed by atoms with Gasteiger partial charge in [0.05, 0.1) is 0 Å². The Balaban J connectivity index is 2.74. The predicted molar refractivity (Wildman–Crippen MR) is 66.8 cm³/mol. The van der Waals surface area contributed by atoms with Gasteiger partial charge in [-0.25, -0.2) is 0 Å². The van der Waals surface area contributed by atoms with Gasteiger partial charge in [0, 0.05) is 23.8 Å². The van der Waals surface area contributed by atoms with E-state index in [9.17, 15) is 4.79 Å². The molecule has 17 heavy (non-hydrogen) atoms. The number of halogens is 1. The zero-order chi connectivity index (χ0) is 12.4. The van der Waals surface area contributed by atoms with Crippen LogP contribution >= 0.6 is 11.6 Å². The van der Waals surface area contributed by atoms with Crippen LogP contribution in [0, 0.1) is 11.3 Å². The van der Waals surface area contributed by atoms with E-state index in [1.165, 1.54) is 4.57 Å². The fourth-order valence-electron chi connectivity index (χ4n) is 1.63. The summed E-state index contributed by atoms with van der Waals surface area (Å²) >= 11 is 5.90. The summed E-state index contributed by atoms with van der Waals surface area (Å²) in [5, 5.41) is 9.63. The number of pyridine rings is 1. The molecule has 0 aliphatic rings. The summed E-state index contributed by atoms with van der Waals surface area (Å²) in [5.41, 5.74) is 1.21. The van der Waals surface area contributed by atoms with Gasteiger partial charge < -0.3 is 4.57 Å². The summed E-state index contributed by atoms with van der Waals surface area (Å²) in [4.78, 5) is 11.8. The lowest BCUT2D eigenvalue weighted by Gasteiger charge is -2.06. The molecule has 84 valence electrons. The van der Waals surface area contributed by atoms with Gasteiger partial charge in [0.15, 0.2) is 0 Å². The van der Waals surface area contributed by atoms with E-state index >= 15 is 0 Å². The van der Waals surface area contributed by atoms with Crippen LogP contribution in [0.15, 0.2) is 41.3 Å². The fourth-order valence-corrected chi connectivity index (χ4v) is 1.82. The molecule has 0 saturated carbocycles. The van der Waals surface area contributed by atoms with E-state index in [2.05, 4.69) is 0 Å². The van der Waals surface area contributed by atoms with Crippen molar-refractivity contribution in [3.8, 4) is 17.2 Å². The Labute approximate surface area is 104 Å². The molecule has 0 atom stereocenters. The maximum absolute atomic E-state index is 11.8. The highest BCUT2D eigenvalue weighted by atomic mass is 35.5. The number of aryl methyl sites for hydroxylation is 1. The number of hydrogen-bond donors (Lipinski definition) is 0. The molecule has 0 saturated heterocycles. The molecule has 2 aromatic rings. The normalized spacial score (nSPS) is 9.94. The van der Waals surface area contributed by atoms with Crippen LogP contribution in [0.5, 0.6) is 0 Å². The number of nitrogens with zero attached hydrogens (tertiary/aromatic N) is 2. The Bertz CT molecular complexity index is 668. The van der Waals surface area contributed by atoms with E-state index < -0.39 is 0 Å². The first-order valence-electron chi connectivity index (χ1n) is 4.99. The average molecular weight is 245 g/mol. The van der Waals surface area contributed by atoms with Crippen LogP contribution in [0.25, 0.3) is 11.1 Å². The molecule has 0 amide bonds. The molecule has 3 nitrogen and oxygen atoms in total. The first-order chi connectivity index (χ1) is 8.13. The quantitative estimate of drug-likeness (QED) is 0.774. The van der Waals surface area contributed by atoms with Gasteiger partial charge in [-0.2, -0.15) is 5.26 Å². The summed E-state index contributed by atoms with van der Waals surface area (Å²) in [6.07, 6.45) is 1.64. The molecule has 4 heteroatoms. The lowest BCUT2D eigenvalue weighted by atomic mass is 10.0. The summed E-state index contributed by atoms with van der Waals surface area (Å²) in [5.74, 6) is 0. The number of rotatable bonds is 1. The van der Waals surface area contributed by atoms with Crippen LogP contribution in [0.2, 0.25) is 5.02 Å². The largest absolute Gasteiger partial charge is 0.317 e. The van der Waals surface area contributed by atoms with Crippen LogP contribution in [-0.2, 0) is 7.05 Å². The number of nitriles is 1. The SMILES string of the molecule is Cn1ccc(-c2cccc(Cl)c2)c(C#N)c1=O. The molecule has 0 spiro atoms. The van der Waals surface area contributed by atoms with Gasteiger partial charge in [-0.05, 0) is 23.8 Å². The number of benzene rings is 1. The first kappa shape index (κ1) is 11.4. The molecule has 0 fully saturated rings. The zero-order valence-corrected chi connectivity index (χ0v) is 9.90. The van der Waals surface area contributed by atoms with E-state index in [1.807, 2.05) is 12.1 Å². The van der Waals surface area contributed by atoms with Crippen LogP contribution in [0.1, 0.15) is 5.56 Å². The Kier molecular flexibility index (Phi) is 2.99. The Morgan fingerprint density at radius 2 is 2.12 bits per heavy atom. The monoisotopic (exact) mass is 244 g/mol. The highest BCUT2D eigenvalue weighted by molar-refractivity contribution is 6.30. The van der Waals surface area contributed by atoms with Crippen LogP contribution in [-0.4, -0.2) is 4.57 Å². The molecule has 0 bridgehead atoms. The molecule has 0 unspecified atom stereocenters. The maximum Gasteiger partial charge on any atom is 0.268 e. The highest BCUT2D eigenvalue weighted by Gasteiger charge is 2.10. The zero-order valence-electron chi connectivity index (χ0n) is 9.14. The van der Waals surface area contributed by atoms with E-state index in [4.69, 9.17) is 16.9 Å². The minimum absolute atomic E-state index is 0.136. The van der Waals surface area contributed by atoms with E-state index in [1.54, 1.807) is 37.5 Å². The molecule has 2 rings (SSSR count). The van der Waals surface area contributed by atoms with E-state index in [0.29, 0.717) is 10.6 Å². The summed E-state index contributed by atoms with van der Waals surface area (Å²) < 4.78 is 1.38. The standard InChI is InChI=1S/C13H9ClN2O/c1-16-6-5-11(12(8-15)13(16)17)9-3-2-4-10(14)7-9/h2-7H,1H3. The average Bonchev–Trinajstić information content (AvgIpc) is 2.32. The Hall–Kier alpha value is -2.05. The first-order valence-corrected chi connectivity index (χ1v) is 5.37. The fraction of sp³-hybridized carbons (Fsp3) is 0.0769. The molecular weight excluding hydrogens is 236 g/mol. The van der Waals surface area contributed by atoms with E-state index in [-0.39, 0.29) is 11.1 Å². The topological polar surface area (TPSA) is 45.8 Å². The lowest BCUT2D eigenvalue weighted by molar-refractivity contribution is 0.857. The van der Waals surface area contributed by atoms with Gasteiger partial charge in [-0.1, -0.05) is 23.7 Å². The van der Waals surface area contributed by atoms with Gasteiger partial charge in [0.2, 0.25) is 0 Å². The third-order valence-electron chi connectivity index (χ3n) is 2.52. The van der Waals surface area contributed by atoms with Gasteiger partial charge in [-0.15, -0.1) is 0 Å². The number of aromatic nitrogens is 1. The minimum Gasteiger partial charge on any atom is -0.317 e. The molecule has 1 aromatic heterocycles. The molecule has 1 aromatic carbocycles. The van der Waals surface area contributed by atoms with Gasteiger partial charge in [0.25, 0.3) is 5.56 Å². The second-order valence-corrected chi connectivity index (χ2v) is 4.08. The van der Waals surface area contributed by atoms with Gasteiger partial charge in [0.1, 0.15) is 11.6 Å². The van der Waals surface area contributed by atoms with Gasteiger partial charge in [-0.3, -0.25) is 4.79 Å². The van der Waals surface area contributed by atoms with E-state index in [0.717, 1.165) is 5.56 Å². The molecular formula is C13H9ClN2O. The van der Waals surface area contributed by atoms with Crippen molar-refractivity contribution in [2.45, 2.75) is 0 Å². The highest BCUT2D eigenvalue weighted by Crippen LogP contribution is 2.23. The van der Waals surface area contributed by atoms with Crippen LogP contribution in [0.4, 0.5) is 0 Å². The molecule has 0 aliphatic carbocycles. The smallest absolute Gasteiger partial charge is 0.268 e. The lowest BCUT2D eigenvalue weighted by Crippen LogP contribution is -2.19. The van der Waals surface area contributed by atoms with Crippen molar-refractivity contribution in [2.24, 2.45) is 7.05 Å². The molecule has 0 N–H and O–H groups in total. The second-order valence-electron chi connectivity index (χ2n) is 3.64. The van der Waals surface area contributed by atoms with Crippen molar-refractivity contribution < 1.29 is 0 Å². The van der Waals surface area contributed by atoms with Crippen molar-refractivity contribution in [1.82, 2.24) is 4.57 Å². The second kappa shape index (κ2) is 4.44. The Morgan fingerprint density at radius 3 is 2.76 bits per heavy atom. The molecule has 1 heterocycles. The summed E-state index contributed by atoms with van der Waals surface area (Å²) in [7, 11) is 1.62. The van der Waals surface area contributed by atoms with Crippen molar-refractivity contribution in [1.29, 1.82) is 5.26 Å². The third kappa shape index (κ3) is 2.08. The van der Waals surface area contributed by atoms with Gasteiger partial charge >= 0.3 is 0 Å². The third-order valence-corrected chi connectivity index (χ3v) is 2.75. The minimum atomic E-state index is -0.301. The molecule has 0 aliphatic heterocycles. The Morgan fingerprint density at radius 1 is 1.35 bits per heavy atom. The van der Waals surface area contributed by atoms with Crippen molar-refractivity contribution in [3.05, 3.63) is 57.5 Å². The van der Waals surface area contributed by atoms with Crippen molar-refractivity contribution in [2.75, 3.05) is 0 Å². The summed E-state index contributed by atoms with van der Waals surface area (Å²) in [6, 6.07) is 10.8. The number of hydrogen-bond acceptors (Lipinski definition) is 2. The van der Waals surface area contributed by atoms with Crippen LogP contribution in [0.3, 0.4) is 0 Å². The van der Waals surface area contributed by atoms with Crippen molar-refractivity contribution >= 4 is 11.6 Å². The van der Waals surface area contributed by atoms with Crippen molar-refractivity contribution in [3.63, 3.8) is 0 Å². The predicted octanol–water partition coefficient (Wildman–Crippen LogP) is 2.58. The van der Waals surface area contributed by atoms with Crippen LogP contribution < -0.4 is 5.56 Å². The molecule has 0 radical (unpaired) electrons.